The SMILES string of the molecule is CC(F)(F)C(=O)c1cc(C(C)(C)C)cc(Br)c1F. The summed E-state index contributed by atoms with van der Waals surface area (Å²) in [5, 5.41) is 0. The van der Waals surface area contributed by atoms with Crippen molar-refractivity contribution in [3.05, 3.63) is 33.5 Å². The molecule has 5 heteroatoms. The third-order valence-corrected chi connectivity index (χ3v) is 3.11. The second-order valence-corrected chi connectivity index (χ2v) is 6.14. The number of carbonyl (C=O) groups excluding carboxylic acids is 1. The Morgan fingerprint density at radius 3 is 2.06 bits per heavy atom. The molecule has 0 heterocycles. The standard InChI is InChI=1S/C13H14BrF3O/c1-12(2,3)7-5-8(10(15)9(14)6-7)11(18)13(4,16)17/h5-6H,1-4H3. The number of ketones is 1. The first-order chi connectivity index (χ1) is 7.94. The van der Waals surface area contributed by atoms with Crippen molar-refractivity contribution < 1.29 is 18.0 Å². The van der Waals surface area contributed by atoms with Crippen LogP contribution in [0.3, 0.4) is 0 Å². The number of Topliss-reactive ketones (excluding diaryl/α,β-unsaturated/α-hetero) is 1. The molecular weight excluding hydrogens is 309 g/mol. The highest BCUT2D eigenvalue weighted by Gasteiger charge is 2.36. The van der Waals surface area contributed by atoms with Crippen LogP contribution in [0.2, 0.25) is 0 Å². The summed E-state index contributed by atoms with van der Waals surface area (Å²) in [6.45, 7) is 6.02. The fraction of sp³-hybridized carbons (Fsp3) is 0.462. The Hall–Kier alpha value is -0.840. The number of hydrogen-bond donors (Lipinski definition) is 0. The molecule has 1 aromatic rings. The van der Waals surface area contributed by atoms with Crippen LogP contribution in [0.1, 0.15) is 43.6 Å². The van der Waals surface area contributed by atoms with Gasteiger partial charge in [0.1, 0.15) is 5.82 Å². The molecule has 0 amide bonds. The molecule has 0 radical (unpaired) electrons. The molecule has 1 rings (SSSR count). The van der Waals surface area contributed by atoms with Gasteiger partial charge in [0.2, 0.25) is 5.78 Å². The van der Waals surface area contributed by atoms with E-state index in [1.807, 2.05) is 20.8 Å². The van der Waals surface area contributed by atoms with Crippen LogP contribution in [-0.2, 0) is 5.41 Å². The Morgan fingerprint density at radius 1 is 1.17 bits per heavy atom. The lowest BCUT2D eigenvalue weighted by Gasteiger charge is -2.21. The second kappa shape index (κ2) is 4.68. The molecule has 0 atom stereocenters. The molecular formula is C13H14BrF3O. The fourth-order valence-corrected chi connectivity index (χ4v) is 1.88. The lowest BCUT2D eigenvalue weighted by atomic mass is 9.85. The molecule has 100 valence electrons. The van der Waals surface area contributed by atoms with Crippen molar-refractivity contribution in [3.63, 3.8) is 0 Å². The Balaban J connectivity index is 3.46. The van der Waals surface area contributed by atoms with Crippen LogP contribution in [0.4, 0.5) is 13.2 Å². The molecule has 0 aliphatic rings. The van der Waals surface area contributed by atoms with Gasteiger partial charge in [-0.3, -0.25) is 4.79 Å². The van der Waals surface area contributed by atoms with E-state index in [0.717, 1.165) is 0 Å². The number of alkyl halides is 2. The largest absolute Gasteiger partial charge is 0.307 e. The van der Waals surface area contributed by atoms with E-state index >= 15 is 0 Å². The van der Waals surface area contributed by atoms with E-state index in [-0.39, 0.29) is 9.89 Å². The predicted molar refractivity (Wildman–Crippen MR) is 67.8 cm³/mol. The summed E-state index contributed by atoms with van der Waals surface area (Å²) in [6.07, 6.45) is 0. The van der Waals surface area contributed by atoms with Crippen molar-refractivity contribution in [2.24, 2.45) is 0 Å². The van der Waals surface area contributed by atoms with Crippen LogP contribution in [0.5, 0.6) is 0 Å². The zero-order valence-electron chi connectivity index (χ0n) is 10.6. The number of rotatable bonds is 2. The Kier molecular flexibility index (Phi) is 3.96. The van der Waals surface area contributed by atoms with Gasteiger partial charge in [0.25, 0.3) is 0 Å². The summed E-state index contributed by atoms with van der Waals surface area (Å²) in [4.78, 5) is 11.5. The van der Waals surface area contributed by atoms with Crippen molar-refractivity contribution in [1.29, 1.82) is 0 Å². The molecule has 0 unspecified atom stereocenters. The maximum atomic E-state index is 13.7. The highest BCUT2D eigenvalue weighted by molar-refractivity contribution is 9.10. The molecule has 0 bridgehead atoms. The van der Waals surface area contributed by atoms with Gasteiger partial charge in [0.05, 0.1) is 10.0 Å². The molecule has 0 aromatic heterocycles. The van der Waals surface area contributed by atoms with Crippen molar-refractivity contribution in [2.75, 3.05) is 0 Å². The smallest absolute Gasteiger partial charge is 0.287 e. The normalized spacial score (nSPS) is 12.7. The minimum Gasteiger partial charge on any atom is -0.287 e. The number of hydrogen-bond acceptors (Lipinski definition) is 1. The van der Waals surface area contributed by atoms with Gasteiger partial charge in [0.15, 0.2) is 0 Å². The Labute approximate surface area is 113 Å². The Morgan fingerprint density at radius 2 is 1.67 bits per heavy atom. The highest BCUT2D eigenvalue weighted by Crippen LogP contribution is 2.31. The molecule has 0 fully saturated rings. The molecule has 0 N–H and O–H groups in total. The lowest BCUT2D eigenvalue weighted by Crippen LogP contribution is -2.26. The van der Waals surface area contributed by atoms with Crippen molar-refractivity contribution >= 4 is 21.7 Å². The summed E-state index contributed by atoms with van der Waals surface area (Å²) in [5.41, 5.74) is -0.334. The molecule has 0 aliphatic heterocycles. The van der Waals surface area contributed by atoms with E-state index in [1.54, 1.807) is 0 Å². The van der Waals surface area contributed by atoms with E-state index in [0.29, 0.717) is 12.5 Å². The van der Waals surface area contributed by atoms with E-state index in [9.17, 15) is 18.0 Å². The molecule has 0 aliphatic carbocycles. The van der Waals surface area contributed by atoms with Gasteiger partial charge in [-0.05, 0) is 39.0 Å². The minimum atomic E-state index is -3.59. The van der Waals surface area contributed by atoms with E-state index in [2.05, 4.69) is 15.9 Å². The number of carbonyl (C=O) groups is 1. The topological polar surface area (TPSA) is 17.1 Å². The van der Waals surface area contributed by atoms with Gasteiger partial charge in [-0.15, -0.1) is 0 Å². The van der Waals surface area contributed by atoms with Crippen molar-refractivity contribution in [2.45, 2.75) is 39.0 Å². The summed E-state index contributed by atoms with van der Waals surface area (Å²) in [7, 11) is 0. The fourth-order valence-electron chi connectivity index (χ4n) is 1.42. The third-order valence-electron chi connectivity index (χ3n) is 2.54. The third kappa shape index (κ3) is 3.13. The highest BCUT2D eigenvalue weighted by atomic mass is 79.9. The molecule has 0 saturated carbocycles. The first kappa shape index (κ1) is 15.2. The first-order valence-corrected chi connectivity index (χ1v) is 6.16. The quantitative estimate of drug-likeness (QED) is 0.720. The molecule has 1 aromatic carbocycles. The van der Waals surface area contributed by atoms with E-state index in [1.165, 1.54) is 12.1 Å². The maximum Gasteiger partial charge on any atom is 0.307 e. The van der Waals surface area contributed by atoms with E-state index in [4.69, 9.17) is 0 Å². The summed E-state index contributed by atoms with van der Waals surface area (Å²) < 4.78 is 39.8. The van der Waals surface area contributed by atoms with Crippen molar-refractivity contribution in [1.82, 2.24) is 0 Å². The monoisotopic (exact) mass is 322 g/mol. The lowest BCUT2D eigenvalue weighted by molar-refractivity contribution is 0.0217. The Bertz CT molecular complexity index is 484. The number of halogens is 4. The molecule has 0 spiro atoms. The van der Waals surface area contributed by atoms with Crippen LogP contribution in [0, 0.1) is 5.82 Å². The van der Waals surface area contributed by atoms with Gasteiger partial charge in [-0.1, -0.05) is 20.8 Å². The summed E-state index contributed by atoms with van der Waals surface area (Å²) in [5.74, 6) is -6.04. The van der Waals surface area contributed by atoms with Crippen LogP contribution in [-0.4, -0.2) is 11.7 Å². The average Bonchev–Trinajstić information content (AvgIpc) is 2.17. The first-order valence-electron chi connectivity index (χ1n) is 5.36. The molecule has 18 heavy (non-hydrogen) atoms. The summed E-state index contributed by atoms with van der Waals surface area (Å²) in [6, 6.07) is 2.69. The average molecular weight is 323 g/mol. The minimum absolute atomic E-state index is 0.0162. The van der Waals surface area contributed by atoms with Crippen LogP contribution < -0.4 is 0 Å². The zero-order chi connectivity index (χ0) is 14.3. The van der Waals surface area contributed by atoms with Gasteiger partial charge < -0.3 is 0 Å². The van der Waals surface area contributed by atoms with Crippen LogP contribution >= 0.6 is 15.9 Å². The molecule has 1 nitrogen and oxygen atoms in total. The van der Waals surface area contributed by atoms with Gasteiger partial charge in [-0.2, -0.15) is 8.78 Å². The predicted octanol–water partition coefficient (Wildman–Crippen LogP) is 4.72. The maximum absolute atomic E-state index is 13.7. The summed E-state index contributed by atoms with van der Waals surface area (Å²) >= 11 is 2.95. The zero-order valence-corrected chi connectivity index (χ0v) is 12.2. The van der Waals surface area contributed by atoms with E-state index < -0.39 is 23.1 Å². The van der Waals surface area contributed by atoms with Crippen LogP contribution in [0.15, 0.2) is 16.6 Å². The van der Waals surface area contributed by atoms with Gasteiger partial charge in [-0.25, -0.2) is 4.39 Å². The van der Waals surface area contributed by atoms with Gasteiger partial charge >= 0.3 is 5.92 Å². The number of benzene rings is 1. The van der Waals surface area contributed by atoms with Crippen LogP contribution in [0.25, 0.3) is 0 Å². The molecule has 0 saturated heterocycles. The second-order valence-electron chi connectivity index (χ2n) is 5.29. The van der Waals surface area contributed by atoms with Gasteiger partial charge in [0, 0.05) is 6.92 Å². The van der Waals surface area contributed by atoms with Crippen molar-refractivity contribution in [3.8, 4) is 0 Å².